The first-order chi connectivity index (χ1) is 10.1. The van der Waals surface area contributed by atoms with E-state index >= 15 is 0 Å². The highest BCUT2D eigenvalue weighted by Gasteiger charge is 2.48. The topological polar surface area (TPSA) is 12.0 Å². The summed E-state index contributed by atoms with van der Waals surface area (Å²) in [5, 5.41) is 3.70. The molecule has 1 aromatic carbocycles. The summed E-state index contributed by atoms with van der Waals surface area (Å²) >= 11 is 0. The first kappa shape index (κ1) is 13.7. The Morgan fingerprint density at radius 3 is 1.95 bits per heavy atom. The van der Waals surface area contributed by atoms with E-state index in [0.29, 0.717) is 6.04 Å². The number of nitrogens with one attached hydrogen (secondary N) is 1. The van der Waals surface area contributed by atoms with Crippen LogP contribution in [0.2, 0.25) is 0 Å². The van der Waals surface area contributed by atoms with Crippen molar-refractivity contribution in [1.82, 2.24) is 5.32 Å². The Balaban J connectivity index is 1.50. The normalized spacial score (nSPS) is 38.7. The lowest BCUT2D eigenvalue weighted by atomic mass is 9.54. The Labute approximate surface area is 125 Å². The van der Waals surface area contributed by atoms with E-state index in [2.05, 4.69) is 5.32 Å². The van der Waals surface area contributed by atoms with E-state index in [1.165, 1.54) is 44.2 Å². The molecule has 1 N–H and O–H groups in total. The van der Waals surface area contributed by atoms with Gasteiger partial charge < -0.3 is 5.32 Å². The van der Waals surface area contributed by atoms with Crippen molar-refractivity contribution in [2.45, 2.75) is 51.1 Å². The average molecular weight is 291 g/mol. The van der Waals surface area contributed by atoms with Crippen LogP contribution in [0.5, 0.6) is 0 Å². The molecule has 0 spiro atoms. The fraction of sp³-hybridized carbons (Fsp3) is 0.667. The Kier molecular flexibility index (Phi) is 3.29. The molecule has 0 amide bonds. The van der Waals surface area contributed by atoms with Crippen molar-refractivity contribution in [3.05, 3.63) is 35.4 Å². The Morgan fingerprint density at radius 2 is 1.43 bits per heavy atom. The molecule has 114 valence electrons. The first-order valence-corrected chi connectivity index (χ1v) is 8.30. The summed E-state index contributed by atoms with van der Waals surface area (Å²) < 4.78 is 26.8. The molecule has 4 bridgehead atoms. The summed E-state index contributed by atoms with van der Waals surface area (Å²) in [6, 6.07) is 4.41. The van der Waals surface area contributed by atoms with E-state index in [1.54, 1.807) is 0 Å². The average Bonchev–Trinajstić information content (AvgIpc) is 2.40. The zero-order valence-corrected chi connectivity index (χ0v) is 12.5. The summed E-state index contributed by atoms with van der Waals surface area (Å²) in [6.07, 6.45) is 6.87. The van der Waals surface area contributed by atoms with Crippen LogP contribution >= 0.6 is 0 Å². The summed E-state index contributed by atoms with van der Waals surface area (Å²) in [4.78, 5) is 0. The highest BCUT2D eigenvalue weighted by Crippen LogP contribution is 2.54. The third-order valence-corrected chi connectivity index (χ3v) is 6.05. The fourth-order valence-electron chi connectivity index (χ4n) is 5.41. The van der Waals surface area contributed by atoms with Gasteiger partial charge in [0.15, 0.2) is 0 Å². The molecule has 0 aliphatic heterocycles. The van der Waals surface area contributed by atoms with Gasteiger partial charge in [-0.3, -0.25) is 0 Å². The lowest BCUT2D eigenvalue weighted by Gasteiger charge is -2.55. The van der Waals surface area contributed by atoms with Crippen LogP contribution in [0.15, 0.2) is 18.2 Å². The second kappa shape index (κ2) is 5.05. The third kappa shape index (κ3) is 2.50. The van der Waals surface area contributed by atoms with Gasteiger partial charge in [0.05, 0.1) is 0 Å². The van der Waals surface area contributed by atoms with Crippen LogP contribution in [0.3, 0.4) is 0 Å². The Hall–Kier alpha value is -0.960. The minimum atomic E-state index is -0.483. The molecule has 4 aliphatic carbocycles. The van der Waals surface area contributed by atoms with Gasteiger partial charge in [0.1, 0.15) is 11.6 Å². The standard InChI is InChI=1S/C18H23F2N/c1-10(13-7-16(19)9-17(20)8-13)21-18-14-3-11-2-12(5-14)6-15(18)4-11/h7-12,14-15,18,21H,2-6H2,1H3. The van der Waals surface area contributed by atoms with Crippen LogP contribution < -0.4 is 5.32 Å². The van der Waals surface area contributed by atoms with Crippen molar-refractivity contribution in [3.63, 3.8) is 0 Å². The molecule has 0 aromatic heterocycles. The van der Waals surface area contributed by atoms with Gasteiger partial charge in [-0.1, -0.05) is 0 Å². The van der Waals surface area contributed by atoms with Crippen LogP contribution in [0.1, 0.15) is 50.6 Å². The highest BCUT2D eigenvalue weighted by molar-refractivity contribution is 5.21. The van der Waals surface area contributed by atoms with Gasteiger partial charge in [-0.05, 0) is 80.4 Å². The number of benzene rings is 1. The molecular formula is C18H23F2N. The molecule has 1 aromatic rings. The van der Waals surface area contributed by atoms with E-state index in [4.69, 9.17) is 0 Å². The summed E-state index contributed by atoms with van der Waals surface area (Å²) in [7, 11) is 0. The molecule has 4 aliphatic rings. The molecule has 3 heteroatoms. The zero-order valence-electron chi connectivity index (χ0n) is 12.5. The number of hydrogen-bond donors (Lipinski definition) is 1. The minimum Gasteiger partial charge on any atom is -0.307 e. The summed E-state index contributed by atoms with van der Waals surface area (Å²) in [5.41, 5.74) is 0.723. The van der Waals surface area contributed by atoms with Crippen molar-refractivity contribution in [2.24, 2.45) is 23.7 Å². The van der Waals surface area contributed by atoms with E-state index in [-0.39, 0.29) is 6.04 Å². The molecule has 1 atom stereocenters. The zero-order chi connectivity index (χ0) is 14.6. The van der Waals surface area contributed by atoms with E-state index < -0.39 is 11.6 Å². The van der Waals surface area contributed by atoms with Gasteiger partial charge >= 0.3 is 0 Å². The molecule has 21 heavy (non-hydrogen) atoms. The maximum absolute atomic E-state index is 13.4. The molecule has 1 unspecified atom stereocenters. The van der Waals surface area contributed by atoms with Crippen LogP contribution in [0.4, 0.5) is 8.78 Å². The van der Waals surface area contributed by atoms with Crippen LogP contribution in [0, 0.1) is 35.3 Å². The number of halogens is 2. The van der Waals surface area contributed by atoms with Gasteiger partial charge in [-0.25, -0.2) is 8.78 Å². The minimum absolute atomic E-state index is 0.0118. The molecule has 5 rings (SSSR count). The smallest absolute Gasteiger partial charge is 0.126 e. The van der Waals surface area contributed by atoms with Crippen molar-refractivity contribution in [2.75, 3.05) is 0 Å². The number of rotatable bonds is 3. The quantitative estimate of drug-likeness (QED) is 0.868. The highest BCUT2D eigenvalue weighted by atomic mass is 19.1. The second-order valence-corrected chi connectivity index (χ2v) is 7.55. The summed E-state index contributed by atoms with van der Waals surface area (Å²) in [5.74, 6) is 2.50. The predicted octanol–water partition coefficient (Wildman–Crippen LogP) is 4.44. The van der Waals surface area contributed by atoms with Crippen LogP contribution in [-0.4, -0.2) is 6.04 Å². The van der Waals surface area contributed by atoms with Crippen molar-refractivity contribution < 1.29 is 8.78 Å². The van der Waals surface area contributed by atoms with Gasteiger partial charge in [0, 0.05) is 18.2 Å². The third-order valence-electron chi connectivity index (χ3n) is 6.05. The van der Waals surface area contributed by atoms with E-state index in [1.807, 2.05) is 6.92 Å². The lowest BCUT2D eigenvalue weighted by Crippen LogP contribution is -2.54. The van der Waals surface area contributed by atoms with Crippen molar-refractivity contribution >= 4 is 0 Å². The van der Waals surface area contributed by atoms with E-state index in [9.17, 15) is 8.78 Å². The lowest BCUT2D eigenvalue weighted by molar-refractivity contribution is -0.0171. The summed E-state index contributed by atoms with van der Waals surface area (Å²) in [6.45, 7) is 2.03. The maximum Gasteiger partial charge on any atom is 0.126 e. The molecule has 0 saturated heterocycles. The SMILES string of the molecule is CC(NC1C2CC3CC(C2)CC1C3)c1cc(F)cc(F)c1. The largest absolute Gasteiger partial charge is 0.307 e. The number of hydrogen-bond acceptors (Lipinski definition) is 1. The van der Waals surface area contributed by atoms with Crippen LogP contribution in [-0.2, 0) is 0 Å². The molecule has 4 fully saturated rings. The Bertz CT molecular complexity index is 494. The molecule has 0 radical (unpaired) electrons. The maximum atomic E-state index is 13.4. The first-order valence-electron chi connectivity index (χ1n) is 8.30. The van der Waals surface area contributed by atoms with Gasteiger partial charge in [0.2, 0.25) is 0 Å². The monoisotopic (exact) mass is 291 g/mol. The molecule has 1 nitrogen and oxygen atoms in total. The van der Waals surface area contributed by atoms with Crippen LogP contribution in [0.25, 0.3) is 0 Å². The second-order valence-electron chi connectivity index (χ2n) is 7.55. The fourth-order valence-corrected chi connectivity index (χ4v) is 5.41. The predicted molar refractivity (Wildman–Crippen MR) is 78.7 cm³/mol. The van der Waals surface area contributed by atoms with Gasteiger partial charge in [-0.2, -0.15) is 0 Å². The molecular weight excluding hydrogens is 268 g/mol. The Morgan fingerprint density at radius 1 is 0.905 bits per heavy atom. The molecule has 4 saturated carbocycles. The van der Waals surface area contributed by atoms with E-state index in [0.717, 1.165) is 35.3 Å². The van der Waals surface area contributed by atoms with Crippen molar-refractivity contribution in [3.8, 4) is 0 Å². The van der Waals surface area contributed by atoms with Gasteiger partial charge in [-0.15, -0.1) is 0 Å². The van der Waals surface area contributed by atoms with Gasteiger partial charge in [0.25, 0.3) is 0 Å². The molecule has 0 heterocycles. The van der Waals surface area contributed by atoms with Crippen molar-refractivity contribution in [1.29, 1.82) is 0 Å².